The first-order valence-corrected chi connectivity index (χ1v) is 11.4. The number of esters is 1. The van der Waals surface area contributed by atoms with Crippen molar-refractivity contribution in [1.82, 2.24) is 9.55 Å². The molecule has 1 N–H and O–H groups in total. The molecule has 4 rings (SSSR count). The second kappa shape index (κ2) is 10.0. The highest BCUT2D eigenvalue weighted by molar-refractivity contribution is 8.00. The standard InChI is InChI=1S/C24H23N3O6S/c1-14-9-18(15(2)27(14)3)19(28)11-31-24(30)17-5-4-8-25-23(17)34-12-22(29)26-16-6-7-20-21(10-16)33-13-32-20/h4-10H,11-13H2,1-3H3,(H,26,29). The van der Waals surface area contributed by atoms with Crippen LogP contribution in [-0.2, 0) is 16.6 Å². The summed E-state index contributed by atoms with van der Waals surface area (Å²) in [5.41, 5.74) is 3.04. The molecule has 10 heteroatoms. The van der Waals surface area contributed by atoms with E-state index in [-0.39, 0.29) is 36.4 Å². The lowest BCUT2D eigenvalue weighted by Gasteiger charge is -2.09. The van der Waals surface area contributed by atoms with E-state index < -0.39 is 5.97 Å². The molecule has 3 aromatic rings. The highest BCUT2D eigenvalue weighted by atomic mass is 32.2. The van der Waals surface area contributed by atoms with Crippen molar-refractivity contribution < 1.29 is 28.6 Å². The zero-order valence-corrected chi connectivity index (χ0v) is 19.7. The molecule has 0 spiro atoms. The number of benzene rings is 1. The van der Waals surface area contributed by atoms with Crippen molar-refractivity contribution in [2.24, 2.45) is 7.05 Å². The molecule has 0 saturated carbocycles. The Labute approximate surface area is 200 Å². The number of Topliss-reactive ketones (excluding diaryl/α,β-unsaturated/α-hetero) is 1. The van der Waals surface area contributed by atoms with Gasteiger partial charge >= 0.3 is 5.97 Å². The molecule has 2 aromatic heterocycles. The molecule has 1 aliphatic heterocycles. The Bertz CT molecular complexity index is 1270. The average molecular weight is 482 g/mol. The highest BCUT2D eigenvalue weighted by Gasteiger charge is 2.20. The maximum Gasteiger partial charge on any atom is 0.341 e. The van der Waals surface area contributed by atoms with Crippen molar-refractivity contribution in [3.63, 3.8) is 0 Å². The number of pyridine rings is 1. The van der Waals surface area contributed by atoms with Crippen LogP contribution < -0.4 is 14.8 Å². The number of nitrogens with one attached hydrogen (secondary N) is 1. The van der Waals surface area contributed by atoms with Crippen LogP contribution in [0.2, 0.25) is 0 Å². The zero-order chi connectivity index (χ0) is 24.2. The number of nitrogens with zero attached hydrogens (tertiary/aromatic N) is 2. The molecule has 1 amide bonds. The third-order valence-electron chi connectivity index (χ3n) is 5.40. The molecule has 0 fully saturated rings. The number of aryl methyl sites for hydroxylation is 1. The zero-order valence-electron chi connectivity index (χ0n) is 18.9. The lowest BCUT2D eigenvalue weighted by Crippen LogP contribution is -2.17. The van der Waals surface area contributed by atoms with Gasteiger partial charge in [-0.05, 0) is 44.2 Å². The Morgan fingerprint density at radius 1 is 1.12 bits per heavy atom. The Hall–Kier alpha value is -3.79. The maximum absolute atomic E-state index is 12.6. The Kier molecular flexibility index (Phi) is 6.87. The minimum absolute atomic E-state index is 0.0210. The number of ether oxygens (including phenoxy) is 3. The van der Waals surface area contributed by atoms with E-state index in [1.807, 2.05) is 25.5 Å². The first-order chi connectivity index (χ1) is 16.3. The lowest BCUT2D eigenvalue weighted by atomic mass is 10.1. The monoisotopic (exact) mass is 481 g/mol. The van der Waals surface area contributed by atoms with Crippen LogP contribution >= 0.6 is 11.8 Å². The van der Waals surface area contributed by atoms with Crippen LogP contribution in [0.1, 0.15) is 32.1 Å². The maximum atomic E-state index is 12.6. The molecule has 0 aliphatic carbocycles. The Morgan fingerprint density at radius 3 is 2.68 bits per heavy atom. The number of rotatable bonds is 8. The van der Waals surface area contributed by atoms with Gasteiger partial charge in [-0.2, -0.15) is 0 Å². The van der Waals surface area contributed by atoms with E-state index in [1.54, 1.807) is 36.4 Å². The normalized spacial score (nSPS) is 11.9. The number of aromatic nitrogens is 2. The summed E-state index contributed by atoms with van der Waals surface area (Å²) in [7, 11) is 1.87. The summed E-state index contributed by atoms with van der Waals surface area (Å²) < 4.78 is 17.7. The molecule has 9 nitrogen and oxygen atoms in total. The van der Waals surface area contributed by atoms with Crippen LogP contribution in [0.4, 0.5) is 5.69 Å². The molecule has 176 valence electrons. The molecular weight excluding hydrogens is 458 g/mol. The van der Waals surface area contributed by atoms with Gasteiger partial charge in [0, 0.05) is 41.9 Å². The second-order valence-corrected chi connectivity index (χ2v) is 8.57. The molecule has 0 saturated heterocycles. The molecule has 34 heavy (non-hydrogen) atoms. The first-order valence-electron chi connectivity index (χ1n) is 10.4. The number of ketones is 1. The Morgan fingerprint density at radius 2 is 1.91 bits per heavy atom. The van der Waals surface area contributed by atoms with Crippen molar-refractivity contribution in [1.29, 1.82) is 0 Å². The minimum Gasteiger partial charge on any atom is -0.454 e. The Balaban J connectivity index is 1.34. The summed E-state index contributed by atoms with van der Waals surface area (Å²) >= 11 is 1.10. The number of hydrogen-bond donors (Lipinski definition) is 1. The van der Waals surface area contributed by atoms with Crippen LogP contribution in [0.15, 0.2) is 47.6 Å². The van der Waals surface area contributed by atoms with Crippen LogP contribution in [0.5, 0.6) is 11.5 Å². The van der Waals surface area contributed by atoms with E-state index in [4.69, 9.17) is 14.2 Å². The molecule has 1 aliphatic rings. The van der Waals surface area contributed by atoms with Gasteiger partial charge in [-0.1, -0.05) is 11.8 Å². The van der Waals surface area contributed by atoms with Crippen LogP contribution in [0.3, 0.4) is 0 Å². The van der Waals surface area contributed by atoms with Crippen LogP contribution in [0, 0.1) is 13.8 Å². The summed E-state index contributed by atoms with van der Waals surface area (Å²) in [4.78, 5) is 41.8. The summed E-state index contributed by atoms with van der Waals surface area (Å²) in [6.07, 6.45) is 1.52. The second-order valence-electron chi connectivity index (χ2n) is 7.60. The van der Waals surface area contributed by atoms with E-state index in [2.05, 4.69) is 10.3 Å². The van der Waals surface area contributed by atoms with E-state index in [9.17, 15) is 14.4 Å². The molecule has 1 aromatic carbocycles. The number of carbonyl (C=O) groups is 3. The third kappa shape index (κ3) is 5.07. The van der Waals surface area contributed by atoms with Gasteiger partial charge in [0.25, 0.3) is 0 Å². The predicted octanol–water partition coefficient (Wildman–Crippen LogP) is 3.54. The third-order valence-corrected chi connectivity index (χ3v) is 6.40. The quantitative estimate of drug-likeness (QED) is 0.296. The van der Waals surface area contributed by atoms with Crippen LogP contribution in [-0.4, -0.2) is 46.4 Å². The van der Waals surface area contributed by atoms with Crippen molar-refractivity contribution in [2.45, 2.75) is 18.9 Å². The molecule has 3 heterocycles. The SMILES string of the molecule is Cc1cc(C(=O)COC(=O)c2cccnc2SCC(=O)Nc2ccc3c(c2)OCO3)c(C)n1C. The van der Waals surface area contributed by atoms with Gasteiger partial charge in [0.2, 0.25) is 18.5 Å². The average Bonchev–Trinajstić information content (AvgIpc) is 3.40. The number of thioether (sulfide) groups is 1. The van der Waals surface area contributed by atoms with Crippen molar-refractivity contribution in [3.05, 3.63) is 65.1 Å². The highest BCUT2D eigenvalue weighted by Crippen LogP contribution is 2.34. The fourth-order valence-electron chi connectivity index (χ4n) is 3.39. The molecule has 0 atom stereocenters. The first kappa shape index (κ1) is 23.4. The van der Waals surface area contributed by atoms with Gasteiger partial charge in [0.1, 0.15) is 5.03 Å². The lowest BCUT2D eigenvalue weighted by molar-refractivity contribution is -0.113. The smallest absolute Gasteiger partial charge is 0.341 e. The van der Waals surface area contributed by atoms with Gasteiger partial charge in [-0.15, -0.1) is 0 Å². The largest absolute Gasteiger partial charge is 0.454 e. The summed E-state index contributed by atoms with van der Waals surface area (Å²) in [6, 6.07) is 10.0. The molecule has 0 radical (unpaired) electrons. The van der Waals surface area contributed by atoms with Gasteiger partial charge < -0.3 is 24.1 Å². The van der Waals surface area contributed by atoms with Crippen molar-refractivity contribution in [3.8, 4) is 11.5 Å². The number of carbonyl (C=O) groups excluding carboxylic acids is 3. The fourth-order valence-corrected chi connectivity index (χ4v) is 4.17. The summed E-state index contributed by atoms with van der Waals surface area (Å²) in [5, 5.41) is 3.11. The van der Waals surface area contributed by atoms with Gasteiger partial charge in [-0.3, -0.25) is 9.59 Å². The number of amides is 1. The number of anilines is 1. The van der Waals surface area contributed by atoms with Crippen molar-refractivity contribution >= 4 is 35.1 Å². The van der Waals surface area contributed by atoms with E-state index in [0.29, 0.717) is 27.8 Å². The van der Waals surface area contributed by atoms with Gasteiger partial charge in [0.05, 0.1) is 11.3 Å². The predicted molar refractivity (Wildman–Crippen MR) is 126 cm³/mol. The number of fused-ring (bicyclic) bond motifs is 1. The van der Waals surface area contributed by atoms with E-state index >= 15 is 0 Å². The van der Waals surface area contributed by atoms with Crippen LogP contribution in [0.25, 0.3) is 0 Å². The minimum atomic E-state index is -0.676. The number of hydrogen-bond acceptors (Lipinski definition) is 8. The fraction of sp³-hybridized carbons (Fsp3) is 0.250. The molecular formula is C24H23N3O6S. The van der Waals surface area contributed by atoms with E-state index in [1.165, 1.54) is 6.20 Å². The van der Waals surface area contributed by atoms with Crippen molar-refractivity contribution in [2.75, 3.05) is 24.5 Å². The molecule has 0 unspecified atom stereocenters. The summed E-state index contributed by atoms with van der Waals surface area (Å²) in [5.74, 6) is -0.0246. The summed E-state index contributed by atoms with van der Waals surface area (Å²) in [6.45, 7) is 3.51. The van der Waals surface area contributed by atoms with E-state index in [0.717, 1.165) is 23.1 Å². The van der Waals surface area contributed by atoms with Gasteiger partial charge in [0.15, 0.2) is 18.1 Å². The van der Waals surface area contributed by atoms with Gasteiger partial charge in [-0.25, -0.2) is 9.78 Å². The molecule has 0 bridgehead atoms. The topological polar surface area (TPSA) is 109 Å².